The monoisotopic (exact) mass is 631 g/mol. The van der Waals surface area contributed by atoms with Crippen LogP contribution in [0.3, 0.4) is 0 Å². The summed E-state index contributed by atoms with van der Waals surface area (Å²) in [5, 5.41) is 3.68. The summed E-state index contributed by atoms with van der Waals surface area (Å²) in [5.41, 5.74) is 10.8. The van der Waals surface area contributed by atoms with Gasteiger partial charge in [-0.1, -0.05) is 140 Å². The van der Waals surface area contributed by atoms with Crippen LogP contribution in [0.1, 0.15) is 0 Å². The first kappa shape index (κ1) is 28.7. The van der Waals surface area contributed by atoms with Gasteiger partial charge in [-0.25, -0.2) is 4.39 Å². The molecule has 0 unspecified atom stereocenters. The fourth-order valence-electron chi connectivity index (χ4n) is 7.03. The molecule has 2 nitrogen and oxygen atoms in total. The summed E-state index contributed by atoms with van der Waals surface area (Å²) in [6, 6.07) is 61.6. The molecular formula is C46H30FNO. The molecule has 1 heterocycles. The summed E-state index contributed by atoms with van der Waals surface area (Å²) >= 11 is 0. The van der Waals surface area contributed by atoms with Gasteiger partial charge in [-0.2, -0.15) is 0 Å². The Labute approximate surface area is 283 Å². The molecule has 1 aromatic heterocycles. The zero-order valence-corrected chi connectivity index (χ0v) is 26.6. The van der Waals surface area contributed by atoms with Gasteiger partial charge in [0.05, 0.1) is 5.69 Å². The number of anilines is 3. The van der Waals surface area contributed by atoms with Crippen molar-refractivity contribution in [1.82, 2.24) is 0 Å². The SMILES string of the molecule is Fc1ccc(-c2ccc(N(c3ccc(-c4ccccc4)cc3)c3cccc4c3oc3ccccc34)cc2)c2cccc(-c3ccccc3)c12. The molecule has 8 aromatic carbocycles. The molecule has 0 aliphatic carbocycles. The van der Waals surface area contributed by atoms with Gasteiger partial charge >= 0.3 is 0 Å². The molecule has 0 N–H and O–H groups in total. The summed E-state index contributed by atoms with van der Waals surface area (Å²) in [6.45, 7) is 0. The van der Waals surface area contributed by atoms with Crippen LogP contribution in [0.4, 0.5) is 21.5 Å². The minimum absolute atomic E-state index is 0.223. The Morgan fingerprint density at radius 1 is 0.388 bits per heavy atom. The topological polar surface area (TPSA) is 16.4 Å². The third-order valence-corrected chi connectivity index (χ3v) is 9.37. The maximum Gasteiger partial charge on any atom is 0.159 e. The van der Waals surface area contributed by atoms with Gasteiger partial charge in [0, 0.05) is 27.5 Å². The van der Waals surface area contributed by atoms with Gasteiger partial charge in [0.2, 0.25) is 0 Å². The van der Waals surface area contributed by atoms with Crippen LogP contribution in [-0.4, -0.2) is 0 Å². The Kier molecular flexibility index (Phi) is 7.02. The Morgan fingerprint density at radius 2 is 0.939 bits per heavy atom. The van der Waals surface area contributed by atoms with Crippen LogP contribution in [0.5, 0.6) is 0 Å². The van der Waals surface area contributed by atoms with Crippen molar-refractivity contribution in [2.45, 2.75) is 0 Å². The molecule has 0 radical (unpaired) electrons. The highest BCUT2D eigenvalue weighted by Crippen LogP contribution is 2.43. The molecule has 0 atom stereocenters. The van der Waals surface area contributed by atoms with Gasteiger partial charge in [0.1, 0.15) is 11.4 Å². The normalized spacial score (nSPS) is 11.4. The van der Waals surface area contributed by atoms with Crippen molar-refractivity contribution >= 4 is 49.8 Å². The second-order valence-corrected chi connectivity index (χ2v) is 12.2. The standard InChI is InChI=1S/C46H30FNO/c47-42-30-29-37(40-17-9-16-38(45(40)42)33-13-5-2-6-14-33)34-23-27-36(28-24-34)48(35-25-21-32(22-26-35)31-11-3-1-4-12-31)43-19-10-18-41-39-15-7-8-20-44(39)49-46(41)43/h1-30H. The second kappa shape index (κ2) is 12.0. The lowest BCUT2D eigenvalue weighted by molar-refractivity contribution is 0.640. The minimum Gasteiger partial charge on any atom is -0.454 e. The molecule has 9 aromatic rings. The highest BCUT2D eigenvalue weighted by atomic mass is 19.1. The van der Waals surface area contributed by atoms with Crippen molar-refractivity contribution in [2.75, 3.05) is 4.90 Å². The Hall–Kier alpha value is -6.45. The van der Waals surface area contributed by atoms with Crippen molar-refractivity contribution < 1.29 is 8.81 Å². The van der Waals surface area contributed by atoms with E-state index in [1.54, 1.807) is 6.07 Å². The molecule has 0 spiro atoms. The largest absolute Gasteiger partial charge is 0.454 e. The Bertz CT molecular complexity index is 2590. The van der Waals surface area contributed by atoms with E-state index in [2.05, 4.69) is 102 Å². The maximum absolute atomic E-state index is 15.5. The van der Waals surface area contributed by atoms with E-state index in [0.717, 1.165) is 72.2 Å². The Morgan fingerprint density at radius 3 is 1.67 bits per heavy atom. The first-order valence-corrected chi connectivity index (χ1v) is 16.5. The van der Waals surface area contributed by atoms with E-state index in [4.69, 9.17) is 4.42 Å². The molecule has 0 fully saturated rings. The molecular weight excluding hydrogens is 602 g/mol. The lowest BCUT2D eigenvalue weighted by Crippen LogP contribution is -2.10. The number of hydrogen-bond acceptors (Lipinski definition) is 2. The molecule has 0 aliphatic heterocycles. The molecule has 0 saturated heterocycles. The van der Waals surface area contributed by atoms with E-state index in [-0.39, 0.29) is 5.82 Å². The molecule has 0 bridgehead atoms. The van der Waals surface area contributed by atoms with E-state index < -0.39 is 0 Å². The number of rotatable bonds is 6. The third kappa shape index (κ3) is 5.04. The zero-order valence-electron chi connectivity index (χ0n) is 26.6. The van der Waals surface area contributed by atoms with Gasteiger partial charge in [-0.3, -0.25) is 0 Å². The summed E-state index contributed by atoms with van der Waals surface area (Å²) in [5.74, 6) is -0.223. The molecule has 0 amide bonds. The maximum atomic E-state index is 15.5. The first-order chi connectivity index (χ1) is 24.2. The van der Waals surface area contributed by atoms with Crippen molar-refractivity contribution in [3.05, 3.63) is 188 Å². The fraction of sp³-hybridized carbons (Fsp3) is 0. The van der Waals surface area contributed by atoms with Gasteiger partial charge in [0.25, 0.3) is 0 Å². The average Bonchev–Trinajstić information content (AvgIpc) is 3.56. The van der Waals surface area contributed by atoms with Crippen LogP contribution in [0.15, 0.2) is 186 Å². The second-order valence-electron chi connectivity index (χ2n) is 12.2. The number of fused-ring (bicyclic) bond motifs is 4. The fourth-order valence-corrected chi connectivity index (χ4v) is 7.03. The lowest BCUT2D eigenvalue weighted by atomic mass is 9.92. The molecule has 0 aliphatic rings. The highest BCUT2D eigenvalue weighted by molar-refractivity contribution is 6.10. The van der Waals surface area contributed by atoms with Gasteiger partial charge < -0.3 is 9.32 Å². The van der Waals surface area contributed by atoms with Crippen LogP contribution in [-0.2, 0) is 0 Å². The predicted octanol–water partition coefficient (Wildman–Crippen LogP) is 13.3. The van der Waals surface area contributed by atoms with E-state index in [1.165, 1.54) is 5.56 Å². The summed E-state index contributed by atoms with van der Waals surface area (Å²) < 4.78 is 22.0. The van der Waals surface area contributed by atoms with Crippen LogP contribution >= 0.6 is 0 Å². The molecule has 49 heavy (non-hydrogen) atoms. The van der Waals surface area contributed by atoms with Crippen molar-refractivity contribution in [1.29, 1.82) is 0 Å². The number of para-hydroxylation sites is 2. The van der Waals surface area contributed by atoms with E-state index in [9.17, 15) is 0 Å². The lowest BCUT2D eigenvalue weighted by Gasteiger charge is -2.26. The number of furan rings is 1. The highest BCUT2D eigenvalue weighted by Gasteiger charge is 2.20. The van der Waals surface area contributed by atoms with Gasteiger partial charge in [-0.05, 0) is 81.2 Å². The minimum atomic E-state index is -0.223. The zero-order chi connectivity index (χ0) is 32.7. The molecule has 9 rings (SSSR count). The van der Waals surface area contributed by atoms with E-state index in [1.807, 2.05) is 78.9 Å². The summed E-state index contributed by atoms with van der Waals surface area (Å²) in [4.78, 5) is 2.25. The summed E-state index contributed by atoms with van der Waals surface area (Å²) in [7, 11) is 0. The third-order valence-electron chi connectivity index (χ3n) is 9.37. The first-order valence-electron chi connectivity index (χ1n) is 16.5. The van der Waals surface area contributed by atoms with Gasteiger partial charge in [-0.15, -0.1) is 0 Å². The molecule has 0 saturated carbocycles. The van der Waals surface area contributed by atoms with E-state index in [0.29, 0.717) is 5.39 Å². The smallest absolute Gasteiger partial charge is 0.159 e. The van der Waals surface area contributed by atoms with Crippen molar-refractivity contribution in [2.24, 2.45) is 0 Å². The number of benzene rings is 8. The van der Waals surface area contributed by atoms with Crippen LogP contribution in [0.2, 0.25) is 0 Å². The number of halogens is 1. The van der Waals surface area contributed by atoms with E-state index >= 15 is 4.39 Å². The van der Waals surface area contributed by atoms with Gasteiger partial charge in [0.15, 0.2) is 5.58 Å². The van der Waals surface area contributed by atoms with Crippen molar-refractivity contribution in [3.63, 3.8) is 0 Å². The number of hydrogen-bond donors (Lipinski definition) is 0. The summed E-state index contributed by atoms with van der Waals surface area (Å²) in [6.07, 6.45) is 0. The quantitative estimate of drug-likeness (QED) is 0.182. The Balaban J connectivity index is 1.18. The molecule has 3 heteroatoms. The molecule has 232 valence electrons. The van der Waals surface area contributed by atoms with Crippen molar-refractivity contribution in [3.8, 4) is 33.4 Å². The number of nitrogens with zero attached hydrogens (tertiary/aromatic N) is 1. The predicted molar refractivity (Wildman–Crippen MR) is 202 cm³/mol. The average molecular weight is 632 g/mol. The van der Waals surface area contributed by atoms with Crippen LogP contribution in [0.25, 0.3) is 66.1 Å². The van der Waals surface area contributed by atoms with Crippen LogP contribution < -0.4 is 4.90 Å². The van der Waals surface area contributed by atoms with Crippen LogP contribution in [0, 0.1) is 5.82 Å².